The average molecular weight is 459 g/mol. The van der Waals surface area contributed by atoms with E-state index in [1.54, 1.807) is 19.1 Å². The minimum absolute atomic E-state index is 0. The Morgan fingerprint density at radius 1 is 1.18 bits per heavy atom. The molecule has 0 aliphatic carbocycles. The lowest BCUT2D eigenvalue weighted by Gasteiger charge is -2.41. The Morgan fingerprint density at radius 3 is 2.61 bits per heavy atom. The van der Waals surface area contributed by atoms with Crippen molar-refractivity contribution in [2.24, 2.45) is 5.92 Å². The first kappa shape index (κ1) is 22.7. The van der Waals surface area contributed by atoms with Gasteiger partial charge in [0.05, 0.1) is 18.2 Å². The summed E-state index contributed by atoms with van der Waals surface area (Å²) in [5, 5.41) is 7.40. The van der Waals surface area contributed by atoms with Crippen molar-refractivity contribution in [1.29, 1.82) is 0 Å². The SMILES string of the molecule is COCCN(C)C(=O)C1CN(c2cc(C)cc(Nc3ncn(-c4cc(F)cc(F)c4)n3)c2)C1.[HH]. The molecule has 0 unspecified atom stereocenters. The number of aryl methyl sites for hydroxylation is 1. The molecule has 3 aromatic rings. The molecule has 1 aromatic heterocycles. The Kier molecular flexibility index (Phi) is 6.55. The second-order valence-corrected chi connectivity index (χ2v) is 8.18. The molecule has 1 amide bonds. The topological polar surface area (TPSA) is 75.5 Å². The van der Waals surface area contributed by atoms with Gasteiger partial charge in [-0.2, -0.15) is 4.98 Å². The third-order valence-corrected chi connectivity index (χ3v) is 5.52. The van der Waals surface area contributed by atoms with E-state index in [9.17, 15) is 13.6 Å². The molecule has 1 fully saturated rings. The van der Waals surface area contributed by atoms with Gasteiger partial charge in [0.1, 0.15) is 18.0 Å². The summed E-state index contributed by atoms with van der Waals surface area (Å²) in [6.07, 6.45) is 1.39. The molecule has 0 radical (unpaired) electrons. The number of likely N-dealkylation sites (N-methyl/N-ethyl adjacent to an activating group) is 1. The molecule has 0 saturated carbocycles. The molecule has 0 bridgehead atoms. The van der Waals surface area contributed by atoms with Crippen LogP contribution in [0.3, 0.4) is 0 Å². The fourth-order valence-corrected chi connectivity index (χ4v) is 3.76. The minimum atomic E-state index is -0.686. The standard InChI is InChI=1S/C23H26F2N6O2.H2/c1-15-6-19(27-23-26-14-31(28-23)21-9-17(24)8-18(25)10-21)11-20(7-15)30-12-16(13-30)22(32)29(2)4-5-33-3;/h6-11,14,16H,4-5,12-13H2,1-3H3,(H,27,28);1H. The highest BCUT2D eigenvalue weighted by molar-refractivity contribution is 5.82. The van der Waals surface area contributed by atoms with E-state index in [1.165, 1.54) is 23.1 Å². The predicted molar refractivity (Wildman–Crippen MR) is 123 cm³/mol. The quantitative estimate of drug-likeness (QED) is 0.558. The Hall–Kier alpha value is -3.53. The number of carbonyl (C=O) groups excluding carboxylic acids is 1. The zero-order valence-corrected chi connectivity index (χ0v) is 18.8. The summed E-state index contributed by atoms with van der Waals surface area (Å²) in [4.78, 5) is 20.6. The first-order valence-electron chi connectivity index (χ1n) is 10.6. The van der Waals surface area contributed by atoms with Crippen LogP contribution >= 0.6 is 0 Å². The van der Waals surface area contributed by atoms with Crippen molar-refractivity contribution >= 4 is 23.2 Å². The number of methoxy groups -OCH3 is 1. The second kappa shape index (κ2) is 9.53. The maximum absolute atomic E-state index is 13.5. The van der Waals surface area contributed by atoms with Crippen LogP contribution in [0.25, 0.3) is 5.69 Å². The van der Waals surface area contributed by atoms with Crippen LogP contribution in [0.4, 0.5) is 26.1 Å². The van der Waals surface area contributed by atoms with Crippen LogP contribution in [0, 0.1) is 24.5 Å². The molecule has 4 rings (SSSR count). The van der Waals surface area contributed by atoms with Crippen molar-refractivity contribution in [2.45, 2.75) is 6.92 Å². The van der Waals surface area contributed by atoms with E-state index in [1.807, 2.05) is 19.1 Å². The van der Waals surface area contributed by atoms with Gasteiger partial charge in [0.15, 0.2) is 0 Å². The highest BCUT2D eigenvalue weighted by atomic mass is 19.1. The van der Waals surface area contributed by atoms with Gasteiger partial charge >= 0.3 is 0 Å². The van der Waals surface area contributed by atoms with Gasteiger partial charge in [0, 0.05) is 52.7 Å². The number of nitrogens with zero attached hydrogens (tertiary/aromatic N) is 5. The lowest BCUT2D eigenvalue weighted by atomic mass is 9.97. The van der Waals surface area contributed by atoms with Crippen LogP contribution in [-0.4, -0.2) is 66.0 Å². The third-order valence-electron chi connectivity index (χ3n) is 5.52. The molecule has 1 N–H and O–H groups in total. The molecule has 1 aliphatic heterocycles. The number of aromatic nitrogens is 3. The fraction of sp³-hybridized carbons (Fsp3) is 0.348. The Balaban J connectivity index is 0.00000324. The number of benzene rings is 2. The van der Waals surface area contributed by atoms with Crippen molar-refractivity contribution in [2.75, 3.05) is 50.6 Å². The highest BCUT2D eigenvalue weighted by Gasteiger charge is 2.34. The zero-order valence-electron chi connectivity index (χ0n) is 18.8. The number of carbonyl (C=O) groups is 1. The Bertz CT molecular complexity index is 1130. The normalized spacial score (nSPS) is 13.7. The summed E-state index contributed by atoms with van der Waals surface area (Å²) in [6, 6.07) is 9.14. The third kappa shape index (κ3) is 5.28. The predicted octanol–water partition coefficient (Wildman–Crippen LogP) is 3.38. The number of halogens is 2. The minimum Gasteiger partial charge on any atom is -0.383 e. The van der Waals surface area contributed by atoms with E-state index in [0.29, 0.717) is 32.2 Å². The van der Waals surface area contributed by atoms with Crippen LogP contribution < -0.4 is 10.2 Å². The van der Waals surface area contributed by atoms with Crippen LogP contribution in [0.2, 0.25) is 0 Å². The second-order valence-electron chi connectivity index (χ2n) is 8.18. The number of hydrogen-bond acceptors (Lipinski definition) is 6. The van der Waals surface area contributed by atoms with Gasteiger partial charge in [-0.1, -0.05) is 0 Å². The van der Waals surface area contributed by atoms with Crippen LogP contribution in [-0.2, 0) is 9.53 Å². The van der Waals surface area contributed by atoms with E-state index < -0.39 is 11.6 Å². The van der Waals surface area contributed by atoms with E-state index in [-0.39, 0.29) is 18.9 Å². The molecule has 8 nitrogen and oxygen atoms in total. The van der Waals surface area contributed by atoms with Gasteiger partial charge in [-0.15, -0.1) is 5.10 Å². The summed E-state index contributed by atoms with van der Waals surface area (Å²) < 4.78 is 33.3. The van der Waals surface area contributed by atoms with Gasteiger partial charge in [-0.25, -0.2) is 13.5 Å². The molecular weight excluding hydrogens is 430 g/mol. The van der Waals surface area contributed by atoms with E-state index >= 15 is 0 Å². The summed E-state index contributed by atoms with van der Waals surface area (Å²) in [5.74, 6) is -0.984. The molecule has 2 aromatic carbocycles. The van der Waals surface area contributed by atoms with E-state index in [4.69, 9.17) is 4.74 Å². The molecule has 0 spiro atoms. The number of ether oxygens (including phenoxy) is 1. The van der Waals surface area contributed by atoms with Crippen LogP contribution in [0.1, 0.15) is 6.99 Å². The van der Waals surface area contributed by atoms with E-state index in [2.05, 4.69) is 26.4 Å². The molecule has 10 heteroatoms. The first-order valence-corrected chi connectivity index (χ1v) is 10.6. The number of anilines is 3. The summed E-state index contributed by atoms with van der Waals surface area (Å²) in [6.45, 7) is 4.38. The zero-order chi connectivity index (χ0) is 23.5. The molecule has 1 aliphatic rings. The number of nitrogens with one attached hydrogen (secondary N) is 1. The van der Waals surface area contributed by atoms with Crippen molar-refractivity contribution < 1.29 is 19.7 Å². The summed E-state index contributed by atoms with van der Waals surface area (Å²) in [5.41, 5.74) is 3.05. The molecule has 0 atom stereocenters. The molecule has 176 valence electrons. The van der Waals surface area contributed by atoms with Crippen molar-refractivity contribution in [1.82, 2.24) is 19.7 Å². The number of rotatable bonds is 8. The van der Waals surface area contributed by atoms with Crippen molar-refractivity contribution in [3.63, 3.8) is 0 Å². The summed E-state index contributed by atoms with van der Waals surface area (Å²) >= 11 is 0. The van der Waals surface area contributed by atoms with Crippen LogP contribution in [0.15, 0.2) is 42.7 Å². The summed E-state index contributed by atoms with van der Waals surface area (Å²) in [7, 11) is 3.41. The van der Waals surface area contributed by atoms with Gasteiger partial charge in [-0.3, -0.25) is 4.79 Å². The van der Waals surface area contributed by atoms with Crippen LogP contribution in [0.5, 0.6) is 0 Å². The lowest BCUT2D eigenvalue weighted by Crippen LogP contribution is -2.54. The Morgan fingerprint density at radius 2 is 1.91 bits per heavy atom. The fourth-order valence-electron chi connectivity index (χ4n) is 3.76. The average Bonchev–Trinajstić information content (AvgIpc) is 3.18. The number of amides is 1. The Labute approximate surface area is 192 Å². The van der Waals surface area contributed by atoms with Gasteiger partial charge in [0.2, 0.25) is 11.9 Å². The molecular formula is C23H28F2N6O2. The molecule has 33 heavy (non-hydrogen) atoms. The molecule has 1 saturated heterocycles. The first-order chi connectivity index (χ1) is 15.8. The number of hydrogen-bond donors (Lipinski definition) is 1. The highest BCUT2D eigenvalue weighted by Crippen LogP contribution is 2.30. The maximum Gasteiger partial charge on any atom is 0.246 e. The van der Waals surface area contributed by atoms with Crippen molar-refractivity contribution in [3.05, 3.63) is 59.9 Å². The van der Waals surface area contributed by atoms with E-state index in [0.717, 1.165) is 23.0 Å². The van der Waals surface area contributed by atoms with Gasteiger partial charge in [-0.05, 0) is 42.8 Å². The molecule has 2 heterocycles. The van der Waals surface area contributed by atoms with Gasteiger partial charge < -0.3 is 19.9 Å². The maximum atomic E-state index is 13.5. The largest absolute Gasteiger partial charge is 0.383 e. The van der Waals surface area contributed by atoms with Crippen molar-refractivity contribution in [3.8, 4) is 5.69 Å². The monoisotopic (exact) mass is 458 g/mol. The van der Waals surface area contributed by atoms with Gasteiger partial charge in [0.25, 0.3) is 0 Å². The smallest absolute Gasteiger partial charge is 0.246 e. The lowest BCUT2D eigenvalue weighted by molar-refractivity contribution is -0.135.